The predicted molar refractivity (Wildman–Crippen MR) is 41.8 cm³/mol. The van der Waals surface area contributed by atoms with E-state index in [0.29, 0.717) is 11.7 Å². The molecule has 1 saturated carbocycles. The maximum absolute atomic E-state index is 10.5. The lowest BCUT2D eigenvalue weighted by Gasteiger charge is -2.23. The van der Waals surface area contributed by atoms with Crippen molar-refractivity contribution in [2.75, 3.05) is 0 Å². The van der Waals surface area contributed by atoms with E-state index in [1.165, 1.54) is 12.0 Å². The van der Waals surface area contributed by atoms with Gasteiger partial charge in [0.15, 0.2) is 0 Å². The third kappa shape index (κ3) is 1.98. The SMILES string of the molecule is C=C(C)CCC1CC(=O)C1. The normalized spacial score (nSPS) is 18.7. The Kier molecular flexibility index (Phi) is 2.25. The first-order valence-corrected chi connectivity index (χ1v) is 3.84. The molecular formula is C9H14O. The molecule has 1 fully saturated rings. The van der Waals surface area contributed by atoms with E-state index < -0.39 is 0 Å². The molecule has 0 N–H and O–H groups in total. The summed E-state index contributed by atoms with van der Waals surface area (Å²) >= 11 is 0. The molecule has 1 aliphatic rings. The van der Waals surface area contributed by atoms with Gasteiger partial charge in [-0.3, -0.25) is 4.79 Å². The summed E-state index contributed by atoms with van der Waals surface area (Å²) in [4.78, 5) is 10.5. The highest BCUT2D eigenvalue weighted by Gasteiger charge is 2.25. The topological polar surface area (TPSA) is 17.1 Å². The maximum Gasteiger partial charge on any atom is 0.133 e. The van der Waals surface area contributed by atoms with E-state index in [0.717, 1.165) is 19.3 Å². The fourth-order valence-electron chi connectivity index (χ4n) is 1.24. The molecule has 0 aromatic heterocycles. The van der Waals surface area contributed by atoms with Crippen LogP contribution in [0.4, 0.5) is 0 Å². The molecule has 0 aromatic carbocycles. The van der Waals surface area contributed by atoms with Crippen molar-refractivity contribution >= 4 is 5.78 Å². The van der Waals surface area contributed by atoms with Crippen LogP contribution in [0.15, 0.2) is 12.2 Å². The van der Waals surface area contributed by atoms with Gasteiger partial charge in [0.05, 0.1) is 0 Å². The van der Waals surface area contributed by atoms with E-state index in [4.69, 9.17) is 0 Å². The van der Waals surface area contributed by atoms with Gasteiger partial charge in [0.2, 0.25) is 0 Å². The summed E-state index contributed by atoms with van der Waals surface area (Å²) in [7, 11) is 0. The van der Waals surface area contributed by atoms with E-state index in [2.05, 4.69) is 6.58 Å². The van der Waals surface area contributed by atoms with Crippen molar-refractivity contribution in [2.45, 2.75) is 32.6 Å². The number of carbonyl (C=O) groups is 1. The Morgan fingerprint density at radius 1 is 1.70 bits per heavy atom. The Morgan fingerprint density at radius 2 is 2.30 bits per heavy atom. The second-order valence-electron chi connectivity index (χ2n) is 3.31. The monoisotopic (exact) mass is 138 g/mol. The molecule has 0 radical (unpaired) electrons. The standard InChI is InChI=1S/C9H14O/c1-7(2)3-4-8-5-9(10)6-8/h8H,1,3-6H2,2H3. The van der Waals surface area contributed by atoms with Gasteiger partial charge < -0.3 is 0 Å². The van der Waals surface area contributed by atoms with E-state index in [9.17, 15) is 4.79 Å². The minimum absolute atomic E-state index is 0.437. The predicted octanol–water partition coefficient (Wildman–Crippen LogP) is 2.32. The lowest BCUT2D eigenvalue weighted by Crippen LogP contribution is -2.22. The zero-order valence-electron chi connectivity index (χ0n) is 6.52. The summed E-state index contributed by atoms with van der Waals surface area (Å²) < 4.78 is 0. The van der Waals surface area contributed by atoms with Crippen LogP contribution in [0.3, 0.4) is 0 Å². The molecule has 1 heteroatoms. The van der Waals surface area contributed by atoms with Crippen LogP contribution >= 0.6 is 0 Å². The molecule has 0 aliphatic heterocycles. The summed E-state index contributed by atoms with van der Waals surface area (Å²) in [6, 6.07) is 0. The van der Waals surface area contributed by atoms with E-state index in [1.54, 1.807) is 0 Å². The molecule has 0 saturated heterocycles. The number of allylic oxidation sites excluding steroid dienone is 1. The number of Topliss-reactive ketones (excluding diaryl/α,β-unsaturated/α-hetero) is 1. The average molecular weight is 138 g/mol. The first-order chi connectivity index (χ1) is 4.68. The summed E-state index contributed by atoms with van der Waals surface area (Å²) in [5, 5.41) is 0. The summed E-state index contributed by atoms with van der Waals surface area (Å²) in [6.07, 6.45) is 3.92. The van der Waals surface area contributed by atoms with Gasteiger partial charge in [-0.15, -0.1) is 6.58 Å². The highest BCUT2D eigenvalue weighted by Crippen LogP contribution is 2.28. The zero-order valence-corrected chi connectivity index (χ0v) is 6.52. The average Bonchev–Trinajstić information content (AvgIpc) is 1.77. The number of ketones is 1. The lowest BCUT2D eigenvalue weighted by molar-refractivity contribution is -0.126. The van der Waals surface area contributed by atoms with Gasteiger partial charge in [-0.05, 0) is 25.7 Å². The van der Waals surface area contributed by atoms with Crippen LogP contribution in [-0.2, 0) is 4.79 Å². The minimum atomic E-state index is 0.437. The molecule has 0 spiro atoms. The van der Waals surface area contributed by atoms with Crippen LogP contribution in [0.25, 0.3) is 0 Å². The van der Waals surface area contributed by atoms with Crippen molar-refractivity contribution in [3.63, 3.8) is 0 Å². The molecule has 1 aliphatic carbocycles. The van der Waals surface area contributed by atoms with Crippen molar-refractivity contribution in [1.29, 1.82) is 0 Å². The van der Waals surface area contributed by atoms with Gasteiger partial charge >= 0.3 is 0 Å². The summed E-state index contributed by atoms with van der Waals surface area (Å²) in [5.41, 5.74) is 1.24. The number of carbonyl (C=O) groups excluding carboxylic acids is 1. The molecule has 1 rings (SSSR count). The Balaban J connectivity index is 2.05. The Labute approximate surface area is 62.1 Å². The summed E-state index contributed by atoms with van der Waals surface area (Å²) in [5.74, 6) is 1.12. The molecule has 0 atom stereocenters. The molecule has 0 aromatic rings. The van der Waals surface area contributed by atoms with Crippen molar-refractivity contribution < 1.29 is 4.79 Å². The number of hydrogen-bond donors (Lipinski definition) is 0. The highest BCUT2D eigenvalue weighted by atomic mass is 16.1. The largest absolute Gasteiger partial charge is 0.300 e. The number of hydrogen-bond acceptors (Lipinski definition) is 1. The Morgan fingerprint density at radius 3 is 2.70 bits per heavy atom. The van der Waals surface area contributed by atoms with Crippen LogP contribution < -0.4 is 0 Å². The first-order valence-electron chi connectivity index (χ1n) is 3.84. The van der Waals surface area contributed by atoms with Gasteiger partial charge in [0, 0.05) is 12.8 Å². The second kappa shape index (κ2) is 3.00. The van der Waals surface area contributed by atoms with Crippen LogP contribution in [0.1, 0.15) is 32.6 Å². The van der Waals surface area contributed by atoms with Crippen molar-refractivity contribution in [1.82, 2.24) is 0 Å². The van der Waals surface area contributed by atoms with Crippen LogP contribution in [-0.4, -0.2) is 5.78 Å². The molecule has 1 nitrogen and oxygen atoms in total. The van der Waals surface area contributed by atoms with Crippen molar-refractivity contribution in [3.8, 4) is 0 Å². The molecule has 10 heavy (non-hydrogen) atoms. The first kappa shape index (κ1) is 7.52. The number of rotatable bonds is 3. The quantitative estimate of drug-likeness (QED) is 0.547. The van der Waals surface area contributed by atoms with Crippen LogP contribution in [0, 0.1) is 5.92 Å². The molecule has 56 valence electrons. The van der Waals surface area contributed by atoms with E-state index in [-0.39, 0.29) is 0 Å². The van der Waals surface area contributed by atoms with Gasteiger partial charge in [-0.2, -0.15) is 0 Å². The highest BCUT2D eigenvalue weighted by molar-refractivity contribution is 5.84. The maximum atomic E-state index is 10.5. The fourth-order valence-corrected chi connectivity index (χ4v) is 1.24. The molecule has 0 unspecified atom stereocenters. The van der Waals surface area contributed by atoms with Crippen LogP contribution in [0.2, 0.25) is 0 Å². The third-order valence-electron chi connectivity index (χ3n) is 2.01. The van der Waals surface area contributed by atoms with E-state index in [1.807, 2.05) is 6.92 Å². The van der Waals surface area contributed by atoms with Crippen molar-refractivity contribution in [2.24, 2.45) is 5.92 Å². The molecule has 0 heterocycles. The molecular weight excluding hydrogens is 124 g/mol. The van der Waals surface area contributed by atoms with Gasteiger partial charge in [0.25, 0.3) is 0 Å². The smallest absolute Gasteiger partial charge is 0.133 e. The lowest BCUT2D eigenvalue weighted by atomic mass is 9.80. The molecule has 0 bridgehead atoms. The zero-order chi connectivity index (χ0) is 7.56. The van der Waals surface area contributed by atoms with Crippen molar-refractivity contribution in [3.05, 3.63) is 12.2 Å². The minimum Gasteiger partial charge on any atom is -0.300 e. The van der Waals surface area contributed by atoms with E-state index >= 15 is 0 Å². The third-order valence-corrected chi connectivity index (χ3v) is 2.01. The van der Waals surface area contributed by atoms with Gasteiger partial charge in [-0.1, -0.05) is 5.57 Å². The fraction of sp³-hybridized carbons (Fsp3) is 0.667. The van der Waals surface area contributed by atoms with Gasteiger partial charge in [0.1, 0.15) is 5.78 Å². The van der Waals surface area contributed by atoms with Gasteiger partial charge in [-0.25, -0.2) is 0 Å². The van der Waals surface area contributed by atoms with Crippen LogP contribution in [0.5, 0.6) is 0 Å². The Hall–Kier alpha value is -0.590. The Bertz CT molecular complexity index is 150. The molecule has 0 amide bonds. The second-order valence-corrected chi connectivity index (χ2v) is 3.31. The summed E-state index contributed by atoms with van der Waals surface area (Å²) in [6.45, 7) is 5.86.